The fourth-order valence-corrected chi connectivity index (χ4v) is 2.28. The standard InChI is InChI=1S/C13H19FN2/c1-13(2)10-15-7-4-8-16(13)12-6-3-5-11(14)9-12/h3,5-6,9,15H,4,7-8,10H2,1-2H3. The van der Waals surface area contributed by atoms with Crippen molar-refractivity contribution in [3.8, 4) is 0 Å². The van der Waals surface area contributed by atoms with Crippen molar-refractivity contribution in [1.29, 1.82) is 0 Å². The summed E-state index contributed by atoms with van der Waals surface area (Å²) < 4.78 is 13.2. The molecule has 0 radical (unpaired) electrons. The Hall–Kier alpha value is -1.09. The van der Waals surface area contributed by atoms with Gasteiger partial charge in [0.1, 0.15) is 5.82 Å². The monoisotopic (exact) mass is 222 g/mol. The van der Waals surface area contributed by atoms with Crippen molar-refractivity contribution < 1.29 is 4.39 Å². The van der Waals surface area contributed by atoms with Crippen molar-refractivity contribution in [3.63, 3.8) is 0 Å². The number of nitrogens with zero attached hydrogens (tertiary/aromatic N) is 1. The van der Waals surface area contributed by atoms with E-state index in [4.69, 9.17) is 0 Å². The number of rotatable bonds is 1. The van der Waals surface area contributed by atoms with Crippen LogP contribution in [0.5, 0.6) is 0 Å². The minimum Gasteiger partial charge on any atom is -0.365 e. The molecule has 0 amide bonds. The van der Waals surface area contributed by atoms with Gasteiger partial charge in [0.25, 0.3) is 0 Å². The molecule has 0 aromatic heterocycles. The normalized spacial score (nSPS) is 20.6. The summed E-state index contributed by atoms with van der Waals surface area (Å²) in [6.07, 6.45) is 1.10. The number of anilines is 1. The van der Waals surface area contributed by atoms with E-state index in [9.17, 15) is 4.39 Å². The lowest BCUT2D eigenvalue weighted by molar-refractivity contribution is 0.461. The Bertz CT molecular complexity index is 363. The number of halogens is 1. The molecule has 0 unspecified atom stereocenters. The molecular formula is C13H19FN2. The highest BCUT2D eigenvalue weighted by atomic mass is 19.1. The second-order valence-electron chi connectivity index (χ2n) is 4.97. The third-order valence-electron chi connectivity index (χ3n) is 3.14. The maximum Gasteiger partial charge on any atom is 0.125 e. The molecule has 0 spiro atoms. The molecule has 1 aromatic rings. The van der Waals surface area contributed by atoms with Gasteiger partial charge in [0.2, 0.25) is 0 Å². The predicted octanol–water partition coefficient (Wildman–Crippen LogP) is 2.40. The average molecular weight is 222 g/mol. The Morgan fingerprint density at radius 1 is 1.38 bits per heavy atom. The fraction of sp³-hybridized carbons (Fsp3) is 0.538. The molecule has 1 aromatic carbocycles. The van der Waals surface area contributed by atoms with Crippen LogP contribution in [0.15, 0.2) is 24.3 Å². The summed E-state index contributed by atoms with van der Waals surface area (Å²) in [5.74, 6) is -0.162. The first-order chi connectivity index (χ1) is 7.59. The van der Waals surface area contributed by atoms with Crippen molar-refractivity contribution in [3.05, 3.63) is 30.1 Å². The zero-order valence-corrected chi connectivity index (χ0v) is 9.96. The molecule has 0 bridgehead atoms. The first-order valence-electron chi connectivity index (χ1n) is 5.83. The lowest BCUT2D eigenvalue weighted by Crippen LogP contribution is -2.48. The van der Waals surface area contributed by atoms with Gasteiger partial charge in [0.05, 0.1) is 0 Å². The summed E-state index contributed by atoms with van der Waals surface area (Å²) in [6.45, 7) is 7.33. The molecule has 0 atom stereocenters. The van der Waals surface area contributed by atoms with Crippen LogP contribution >= 0.6 is 0 Å². The third-order valence-corrected chi connectivity index (χ3v) is 3.14. The molecule has 1 N–H and O–H groups in total. The first-order valence-corrected chi connectivity index (χ1v) is 5.83. The molecule has 2 nitrogen and oxygen atoms in total. The van der Waals surface area contributed by atoms with E-state index in [1.807, 2.05) is 6.07 Å². The summed E-state index contributed by atoms with van der Waals surface area (Å²) in [4.78, 5) is 2.29. The Balaban J connectivity index is 2.29. The third kappa shape index (κ3) is 2.35. The van der Waals surface area contributed by atoms with Gasteiger partial charge >= 0.3 is 0 Å². The van der Waals surface area contributed by atoms with Crippen molar-refractivity contribution in [1.82, 2.24) is 5.32 Å². The van der Waals surface area contributed by atoms with Crippen LogP contribution in [0.2, 0.25) is 0 Å². The lowest BCUT2D eigenvalue weighted by atomic mass is 10.0. The average Bonchev–Trinajstić information content (AvgIpc) is 2.39. The van der Waals surface area contributed by atoms with Gasteiger partial charge in [-0.25, -0.2) is 4.39 Å². The number of hydrogen-bond acceptors (Lipinski definition) is 2. The Morgan fingerprint density at radius 3 is 2.94 bits per heavy atom. The van der Waals surface area contributed by atoms with Crippen LogP contribution in [-0.2, 0) is 0 Å². The summed E-state index contributed by atoms with van der Waals surface area (Å²) in [5, 5.41) is 3.42. The van der Waals surface area contributed by atoms with Crippen molar-refractivity contribution in [2.45, 2.75) is 25.8 Å². The molecule has 1 aliphatic rings. The van der Waals surface area contributed by atoms with Crippen LogP contribution in [0.3, 0.4) is 0 Å². The molecular weight excluding hydrogens is 203 g/mol. The Morgan fingerprint density at radius 2 is 2.19 bits per heavy atom. The van der Waals surface area contributed by atoms with E-state index in [2.05, 4.69) is 24.1 Å². The Kier molecular flexibility index (Phi) is 3.15. The molecule has 1 fully saturated rings. The van der Waals surface area contributed by atoms with Crippen LogP contribution in [0, 0.1) is 5.82 Å². The van der Waals surface area contributed by atoms with Crippen molar-refractivity contribution in [2.24, 2.45) is 0 Å². The molecule has 1 aliphatic heterocycles. The van der Waals surface area contributed by atoms with Crippen molar-refractivity contribution >= 4 is 5.69 Å². The van der Waals surface area contributed by atoms with Gasteiger partial charge in [-0.15, -0.1) is 0 Å². The highest BCUT2D eigenvalue weighted by Crippen LogP contribution is 2.25. The topological polar surface area (TPSA) is 15.3 Å². The van der Waals surface area contributed by atoms with E-state index in [1.165, 1.54) is 6.07 Å². The van der Waals surface area contributed by atoms with E-state index in [0.717, 1.165) is 31.7 Å². The number of benzene rings is 1. The van der Waals surface area contributed by atoms with E-state index in [1.54, 1.807) is 12.1 Å². The van der Waals surface area contributed by atoms with Gasteiger partial charge in [0.15, 0.2) is 0 Å². The molecule has 0 aliphatic carbocycles. The Labute approximate surface area is 96.5 Å². The maximum absolute atomic E-state index is 13.2. The van der Waals surface area contributed by atoms with E-state index < -0.39 is 0 Å². The van der Waals surface area contributed by atoms with Crippen LogP contribution in [-0.4, -0.2) is 25.2 Å². The van der Waals surface area contributed by atoms with Gasteiger partial charge in [-0.05, 0) is 45.0 Å². The smallest absolute Gasteiger partial charge is 0.125 e. The highest BCUT2D eigenvalue weighted by molar-refractivity contribution is 5.49. The van der Waals surface area contributed by atoms with Crippen LogP contribution in [0.25, 0.3) is 0 Å². The summed E-state index contributed by atoms with van der Waals surface area (Å²) in [7, 11) is 0. The van der Waals surface area contributed by atoms with Crippen molar-refractivity contribution in [2.75, 3.05) is 24.5 Å². The zero-order chi connectivity index (χ0) is 11.6. The molecule has 16 heavy (non-hydrogen) atoms. The number of hydrogen-bond donors (Lipinski definition) is 1. The largest absolute Gasteiger partial charge is 0.365 e. The minimum absolute atomic E-state index is 0.0320. The molecule has 0 saturated carbocycles. The maximum atomic E-state index is 13.2. The number of nitrogens with one attached hydrogen (secondary N) is 1. The SMILES string of the molecule is CC1(C)CNCCCN1c1cccc(F)c1. The summed E-state index contributed by atoms with van der Waals surface area (Å²) >= 11 is 0. The van der Waals surface area contributed by atoms with Gasteiger partial charge < -0.3 is 10.2 Å². The molecule has 3 heteroatoms. The van der Waals surface area contributed by atoms with E-state index in [-0.39, 0.29) is 11.4 Å². The van der Waals surface area contributed by atoms with Gasteiger partial charge in [0, 0.05) is 24.3 Å². The van der Waals surface area contributed by atoms with Crippen LogP contribution < -0.4 is 10.2 Å². The highest BCUT2D eigenvalue weighted by Gasteiger charge is 2.28. The van der Waals surface area contributed by atoms with Gasteiger partial charge in [-0.2, -0.15) is 0 Å². The zero-order valence-electron chi connectivity index (χ0n) is 9.96. The second-order valence-corrected chi connectivity index (χ2v) is 4.97. The minimum atomic E-state index is -0.162. The van der Waals surface area contributed by atoms with E-state index in [0.29, 0.717) is 0 Å². The van der Waals surface area contributed by atoms with Crippen LogP contribution in [0.1, 0.15) is 20.3 Å². The van der Waals surface area contributed by atoms with Crippen LogP contribution in [0.4, 0.5) is 10.1 Å². The van der Waals surface area contributed by atoms with E-state index >= 15 is 0 Å². The molecule has 88 valence electrons. The fourth-order valence-electron chi connectivity index (χ4n) is 2.28. The summed E-state index contributed by atoms with van der Waals surface area (Å²) in [6, 6.07) is 6.87. The summed E-state index contributed by atoms with van der Waals surface area (Å²) in [5.41, 5.74) is 1.01. The molecule has 2 rings (SSSR count). The van der Waals surface area contributed by atoms with Gasteiger partial charge in [-0.1, -0.05) is 6.07 Å². The second kappa shape index (κ2) is 4.42. The lowest BCUT2D eigenvalue weighted by Gasteiger charge is -2.38. The van der Waals surface area contributed by atoms with Gasteiger partial charge in [-0.3, -0.25) is 0 Å². The first kappa shape index (κ1) is 11.4. The molecule has 1 saturated heterocycles. The quantitative estimate of drug-likeness (QED) is 0.785. The molecule has 1 heterocycles. The predicted molar refractivity (Wildman–Crippen MR) is 65.3 cm³/mol.